The molecule has 0 spiro atoms. The Bertz CT molecular complexity index is 799. The molecule has 0 N–H and O–H groups in total. The summed E-state index contributed by atoms with van der Waals surface area (Å²) < 4.78 is 0. The van der Waals surface area contributed by atoms with Crippen molar-refractivity contribution in [3.05, 3.63) is 65.7 Å². The molecule has 0 unspecified atom stereocenters. The Morgan fingerprint density at radius 3 is 2.42 bits per heavy atom. The Labute approximate surface area is 155 Å². The van der Waals surface area contributed by atoms with Crippen LogP contribution in [-0.2, 0) is 22.6 Å². The van der Waals surface area contributed by atoms with Gasteiger partial charge >= 0.3 is 0 Å². The van der Waals surface area contributed by atoms with E-state index >= 15 is 0 Å². The number of fused-ring (bicyclic) bond motifs is 1. The summed E-state index contributed by atoms with van der Waals surface area (Å²) in [6.07, 6.45) is 1.90. The zero-order valence-electron chi connectivity index (χ0n) is 15.7. The number of hydrogen-bond donors (Lipinski definition) is 0. The van der Waals surface area contributed by atoms with Gasteiger partial charge < -0.3 is 9.80 Å². The molecule has 2 aromatic carbocycles. The minimum absolute atomic E-state index is 0.130. The van der Waals surface area contributed by atoms with Crippen LogP contribution in [0.2, 0.25) is 0 Å². The minimum Gasteiger partial charge on any atom is -0.341 e. The first-order valence-electron chi connectivity index (χ1n) is 9.10. The van der Waals surface area contributed by atoms with Crippen LogP contribution in [0.25, 0.3) is 0 Å². The van der Waals surface area contributed by atoms with Crippen molar-refractivity contribution in [1.82, 2.24) is 4.90 Å². The summed E-state index contributed by atoms with van der Waals surface area (Å²) in [6, 6.07) is 17.8. The van der Waals surface area contributed by atoms with E-state index in [9.17, 15) is 9.59 Å². The quantitative estimate of drug-likeness (QED) is 0.790. The molecule has 1 heterocycles. The van der Waals surface area contributed by atoms with Gasteiger partial charge in [0.25, 0.3) is 0 Å². The van der Waals surface area contributed by atoms with E-state index in [1.165, 1.54) is 5.56 Å². The molecule has 0 saturated heterocycles. The Morgan fingerprint density at radius 2 is 1.69 bits per heavy atom. The maximum atomic E-state index is 13.3. The highest BCUT2D eigenvalue weighted by molar-refractivity contribution is 6.11. The molecule has 2 aromatic rings. The fourth-order valence-corrected chi connectivity index (χ4v) is 3.58. The molecule has 0 saturated carbocycles. The predicted octanol–water partition coefficient (Wildman–Crippen LogP) is 3.65. The number of hydrogen-bond acceptors (Lipinski definition) is 2. The van der Waals surface area contributed by atoms with E-state index in [2.05, 4.69) is 6.07 Å². The van der Waals surface area contributed by atoms with Gasteiger partial charge in [-0.25, -0.2) is 0 Å². The molecule has 2 amide bonds. The fraction of sp³-hybridized carbons (Fsp3) is 0.364. The summed E-state index contributed by atoms with van der Waals surface area (Å²) in [6.45, 7) is 4.62. The standard InChI is InChI=1S/C22H26N2O2/c1-22(2,20(25)23(3)16-17-10-5-4-6-11-17)21(26)24-15-9-13-18-12-7-8-14-19(18)24/h4-8,10-12,14H,9,13,15-16H2,1-3H3. The van der Waals surface area contributed by atoms with Gasteiger partial charge in [-0.2, -0.15) is 0 Å². The van der Waals surface area contributed by atoms with Crippen molar-refractivity contribution < 1.29 is 9.59 Å². The molecule has 136 valence electrons. The van der Waals surface area contributed by atoms with Crippen LogP contribution in [-0.4, -0.2) is 30.3 Å². The second-order valence-electron chi connectivity index (χ2n) is 7.46. The van der Waals surface area contributed by atoms with Crippen molar-refractivity contribution in [2.75, 3.05) is 18.5 Å². The highest BCUT2D eigenvalue weighted by Crippen LogP contribution is 2.32. The lowest BCUT2D eigenvalue weighted by Crippen LogP contribution is -2.51. The number of amides is 2. The molecule has 3 rings (SSSR count). The van der Waals surface area contributed by atoms with E-state index < -0.39 is 5.41 Å². The minimum atomic E-state index is -1.10. The van der Waals surface area contributed by atoms with Crippen molar-refractivity contribution in [1.29, 1.82) is 0 Å². The van der Waals surface area contributed by atoms with E-state index in [0.717, 1.165) is 24.1 Å². The normalized spacial score (nSPS) is 13.9. The molecular weight excluding hydrogens is 324 g/mol. The highest BCUT2D eigenvalue weighted by atomic mass is 16.2. The van der Waals surface area contributed by atoms with Crippen LogP contribution >= 0.6 is 0 Å². The Hall–Kier alpha value is -2.62. The molecule has 4 nitrogen and oxygen atoms in total. The molecule has 4 heteroatoms. The van der Waals surface area contributed by atoms with Crippen molar-refractivity contribution >= 4 is 17.5 Å². The zero-order chi connectivity index (χ0) is 18.7. The number of nitrogens with zero attached hydrogens (tertiary/aromatic N) is 2. The number of para-hydroxylation sites is 1. The van der Waals surface area contributed by atoms with Gasteiger partial charge in [0.2, 0.25) is 11.8 Å². The molecule has 1 aliphatic heterocycles. The van der Waals surface area contributed by atoms with Gasteiger partial charge in [-0.1, -0.05) is 48.5 Å². The lowest BCUT2D eigenvalue weighted by atomic mass is 9.88. The molecule has 0 atom stereocenters. The van der Waals surface area contributed by atoms with E-state index in [1.54, 1.807) is 30.7 Å². The summed E-state index contributed by atoms with van der Waals surface area (Å²) in [5.41, 5.74) is 2.06. The topological polar surface area (TPSA) is 40.6 Å². The van der Waals surface area contributed by atoms with Gasteiger partial charge in [0.05, 0.1) is 0 Å². The summed E-state index contributed by atoms with van der Waals surface area (Å²) in [4.78, 5) is 29.7. The highest BCUT2D eigenvalue weighted by Gasteiger charge is 2.42. The first-order chi connectivity index (χ1) is 12.4. The van der Waals surface area contributed by atoms with Crippen LogP contribution in [0, 0.1) is 5.41 Å². The maximum absolute atomic E-state index is 13.3. The maximum Gasteiger partial charge on any atom is 0.242 e. The largest absolute Gasteiger partial charge is 0.341 e. The number of carbonyl (C=O) groups is 2. The zero-order valence-corrected chi connectivity index (χ0v) is 15.7. The Balaban J connectivity index is 1.79. The van der Waals surface area contributed by atoms with Gasteiger partial charge in [0, 0.05) is 25.8 Å². The average Bonchev–Trinajstić information content (AvgIpc) is 2.67. The van der Waals surface area contributed by atoms with Crippen LogP contribution in [0.5, 0.6) is 0 Å². The number of rotatable bonds is 4. The lowest BCUT2D eigenvalue weighted by molar-refractivity contribution is -0.146. The number of anilines is 1. The van der Waals surface area contributed by atoms with Crippen molar-refractivity contribution in [2.45, 2.75) is 33.2 Å². The third-order valence-electron chi connectivity index (χ3n) is 5.03. The second kappa shape index (κ2) is 7.32. The molecule has 1 aliphatic rings. The number of benzene rings is 2. The van der Waals surface area contributed by atoms with Crippen LogP contribution in [0.15, 0.2) is 54.6 Å². The number of aryl methyl sites for hydroxylation is 1. The first kappa shape index (κ1) is 18.2. The van der Waals surface area contributed by atoms with Crippen LogP contribution in [0.4, 0.5) is 5.69 Å². The predicted molar refractivity (Wildman–Crippen MR) is 104 cm³/mol. The lowest BCUT2D eigenvalue weighted by Gasteiger charge is -2.36. The average molecular weight is 350 g/mol. The Kier molecular flexibility index (Phi) is 5.12. The van der Waals surface area contributed by atoms with Crippen molar-refractivity contribution in [3.63, 3.8) is 0 Å². The second-order valence-corrected chi connectivity index (χ2v) is 7.46. The van der Waals surface area contributed by atoms with E-state index in [4.69, 9.17) is 0 Å². The molecule has 0 aliphatic carbocycles. The third kappa shape index (κ3) is 3.50. The molecular formula is C22H26N2O2. The van der Waals surface area contributed by atoms with Gasteiger partial charge in [0.15, 0.2) is 0 Å². The molecule has 0 bridgehead atoms. The summed E-state index contributed by atoms with van der Waals surface area (Å²) in [5, 5.41) is 0. The first-order valence-corrected chi connectivity index (χ1v) is 9.10. The van der Waals surface area contributed by atoms with Gasteiger partial charge in [0.1, 0.15) is 5.41 Å². The fourth-order valence-electron chi connectivity index (χ4n) is 3.58. The monoisotopic (exact) mass is 350 g/mol. The molecule has 0 radical (unpaired) electrons. The van der Waals surface area contributed by atoms with Gasteiger partial charge in [-0.3, -0.25) is 9.59 Å². The van der Waals surface area contributed by atoms with Crippen LogP contribution in [0.3, 0.4) is 0 Å². The van der Waals surface area contributed by atoms with E-state index in [-0.39, 0.29) is 11.8 Å². The Morgan fingerprint density at radius 1 is 1.04 bits per heavy atom. The number of carbonyl (C=O) groups excluding carboxylic acids is 2. The van der Waals surface area contributed by atoms with Crippen LogP contribution in [0.1, 0.15) is 31.4 Å². The summed E-state index contributed by atoms with van der Waals surface area (Å²) >= 11 is 0. The van der Waals surface area contributed by atoms with Crippen LogP contribution < -0.4 is 4.90 Å². The van der Waals surface area contributed by atoms with E-state index in [1.807, 2.05) is 48.5 Å². The van der Waals surface area contributed by atoms with Gasteiger partial charge in [-0.15, -0.1) is 0 Å². The molecule has 0 aromatic heterocycles. The van der Waals surface area contributed by atoms with Crippen molar-refractivity contribution in [2.24, 2.45) is 5.41 Å². The molecule has 0 fully saturated rings. The van der Waals surface area contributed by atoms with E-state index in [0.29, 0.717) is 13.1 Å². The summed E-state index contributed by atoms with van der Waals surface area (Å²) in [7, 11) is 1.76. The molecule has 26 heavy (non-hydrogen) atoms. The SMILES string of the molecule is CN(Cc1ccccc1)C(=O)C(C)(C)C(=O)N1CCCc2ccccc21. The summed E-state index contributed by atoms with van der Waals surface area (Å²) in [5.74, 6) is -0.288. The third-order valence-corrected chi connectivity index (χ3v) is 5.03. The van der Waals surface area contributed by atoms with Gasteiger partial charge in [-0.05, 0) is 43.9 Å². The smallest absolute Gasteiger partial charge is 0.242 e. The van der Waals surface area contributed by atoms with Crippen molar-refractivity contribution in [3.8, 4) is 0 Å².